The van der Waals surface area contributed by atoms with Crippen LogP contribution in [0, 0.1) is 5.82 Å². The van der Waals surface area contributed by atoms with Crippen molar-refractivity contribution in [1.82, 2.24) is 35.4 Å². The lowest BCUT2D eigenvalue weighted by atomic mass is 10.2. The van der Waals surface area contributed by atoms with Crippen molar-refractivity contribution in [2.24, 2.45) is 0 Å². The van der Waals surface area contributed by atoms with Crippen LogP contribution in [-0.2, 0) is 6.54 Å². The number of halogens is 1. The van der Waals surface area contributed by atoms with Gasteiger partial charge in [0.05, 0.1) is 6.54 Å². The summed E-state index contributed by atoms with van der Waals surface area (Å²) in [4.78, 5) is 24.2. The molecule has 0 fully saturated rings. The number of benzene rings is 1. The Hall–Kier alpha value is -3.95. The number of rotatable bonds is 5. The second-order valence-corrected chi connectivity index (χ2v) is 5.55. The van der Waals surface area contributed by atoms with Crippen LogP contribution in [0.5, 0.6) is 0 Å². The minimum atomic E-state index is -0.358. The summed E-state index contributed by atoms with van der Waals surface area (Å²) in [5, 5.41) is 8.05. The summed E-state index contributed by atoms with van der Waals surface area (Å²) in [5.41, 5.74) is 6.90. The van der Waals surface area contributed by atoms with E-state index in [9.17, 15) is 9.18 Å². The van der Waals surface area contributed by atoms with Gasteiger partial charge in [-0.25, -0.2) is 19.0 Å². The number of fused-ring (bicyclic) bond motifs is 1. The average Bonchev–Trinajstić information content (AvgIpc) is 3.12. The number of anilines is 1. The minimum Gasteiger partial charge on any atom is -0.280 e. The first-order valence-corrected chi connectivity index (χ1v) is 7.96. The normalized spacial score (nSPS) is 10.7. The molecule has 1 aromatic carbocycles. The van der Waals surface area contributed by atoms with Gasteiger partial charge in [-0.3, -0.25) is 20.6 Å². The van der Waals surface area contributed by atoms with Crippen LogP contribution in [0.4, 0.5) is 10.2 Å². The number of hydrogen-bond acceptors (Lipinski definition) is 7. The summed E-state index contributed by atoms with van der Waals surface area (Å²) < 4.78 is 15.3. The van der Waals surface area contributed by atoms with Gasteiger partial charge < -0.3 is 0 Å². The molecule has 4 rings (SSSR count). The summed E-state index contributed by atoms with van der Waals surface area (Å²) in [6.07, 6.45) is 4.35. The Kier molecular flexibility index (Phi) is 4.35. The molecule has 0 bridgehead atoms. The highest BCUT2D eigenvalue weighted by Gasteiger charge is 2.14. The predicted molar refractivity (Wildman–Crippen MR) is 93.9 cm³/mol. The first-order valence-electron chi connectivity index (χ1n) is 7.96. The molecule has 2 N–H and O–H groups in total. The molecular formula is C17H13FN8O. The van der Waals surface area contributed by atoms with E-state index in [1.807, 2.05) is 0 Å². The van der Waals surface area contributed by atoms with Crippen LogP contribution >= 0.6 is 0 Å². The van der Waals surface area contributed by atoms with Crippen molar-refractivity contribution in [1.29, 1.82) is 0 Å². The van der Waals surface area contributed by atoms with Crippen LogP contribution < -0.4 is 10.9 Å². The van der Waals surface area contributed by atoms with E-state index < -0.39 is 0 Å². The van der Waals surface area contributed by atoms with E-state index in [-0.39, 0.29) is 24.1 Å². The number of hydrazine groups is 1. The summed E-state index contributed by atoms with van der Waals surface area (Å²) in [7, 11) is 0. The summed E-state index contributed by atoms with van der Waals surface area (Å²) in [6.45, 7) is 0.170. The molecule has 27 heavy (non-hydrogen) atoms. The molecule has 0 spiro atoms. The van der Waals surface area contributed by atoms with Crippen LogP contribution in [-0.4, -0.2) is 35.9 Å². The van der Waals surface area contributed by atoms with Crippen LogP contribution in [0.2, 0.25) is 0 Å². The third kappa shape index (κ3) is 3.40. The zero-order chi connectivity index (χ0) is 18.6. The average molecular weight is 364 g/mol. The zero-order valence-electron chi connectivity index (χ0n) is 13.9. The molecule has 0 aliphatic heterocycles. The maximum absolute atomic E-state index is 13.9. The molecule has 4 aromatic rings. The Morgan fingerprint density at radius 2 is 1.93 bits per heavy atom. The molecule has 0 unspecified atom stereocenters. The largest absolute Gasteiger partial charge is 0.280 e. The second kappa shape index (κ2) is 7.12. The number of amides is 1. The van der Waals surface area contributed by atoms with Crippen molar-refractivity contribution < 1.29 is 9.18 Å². The highest BCUT2D eigenvalue weighted by Crippen LogP contribution is 2.17. The number of aromatic nitrogens is 6. The fraction of sp³-hybridized carbons (Fsp3) is 0.0588. The lowest BCUT2D eigenvalue weighted by Gasteiger charge is -2.08. The van der Waals surface area contributed by atoms with Crippen LogP contribution in [0.15, 0.2) is 55.1 Å². The number of pyridine rings is 1. The molecule has 1 amide bonds. The van der Waals surface area contributed by atoms with E-state index >= 15 is 0 Å². The van der Waals surface area contributed by atoms with E-state index in [0.29, 0.717) is 22.3 Å². The Morgan fingerprint density at radius 3 is 2.74 bits per heavy atom. The second-order valence-electron chi connectivity index (χ2n) is 5.55. The fourth-order valence-electron chi connectivity index (χ4n) is 2.47. The van der Waals surface area contributed by atoms with Crippen molar-refractivity contribution in [2.75, 3.05) is 5.43 Å². The third-order valence-electron chi connectivity index (χ3n) is 3.82. The number of hydrogen-bond donors (Lipinski definition) is 2. The van der Waals surface area contributed by atoms with Crippen LogP contribution in [0.3, 0.4) is 0 Å². The molecule has 0 saturated heterocycles. The van der Waals surface area contributed by atoms with Gasteiger partial charge in [0, 0.05) is 23.5 Å². The molecule has 134 valence electrons. The Balaban J connectivity index is 1.56. The lowest BCUT2D eigenvalue weighted by molar-refractivity contribution is 0.0962. The molecule has 0 aliphatic carbocycles. The highest BCUT2D eigenvalue weighted by atomic mass is 19.1. The Bertz CT molecular complexity index is 1100. The third-order valence-corrected chi connectivity index (χ3v) is 3.82. The van der Waals surface area contributed by atoms with E-state index in [1.165, 1.54) is 29.5 Å². The number of carbonyl (C=O) groups is 1. The molecule has 0 atom stereocenters. The molecule has 0 radical (unpaired) electrons. The molecule has 10 heteroatoms. The van der Waals surface area contributed by atoms with Gasteiger partial charge in [-0.2, -0.15) is 0 Å². The maximum atomic E-state index is 13.9. The van der Waals surface area contributed by atoms with Crippen molar-refractivity contribution in [2.45, 2.75) is 6.54 Å². The summed E-state index contributed by atoms with van der Waals surface area (Å²) >= 11 is 0. The fourth-order valence-corrected chi connectivity index (χ4v) is 2.47. The Labute approximate surface area is 152 Å². The van der Waals surface area contributed by atoms with Gasteiger partial charge in [0.25, 0.3) is 5.91 Å². The lowest BCUT2D eigenvalue weighted by Crippen LogP contribution is -2.30. The van der Waals surface area contributed by atoms with E-state index in [2.05, 4.69) is 36.1 Å². The van der Waals surface area contributed by atoms with Gasteiger partial charge >= 0.3 is 0 Å². The number of nitrogens with one attached hydrogen (secondary N) is 2. The summed E-state index contributed by atoms with van der Waals surface area (Å²) in [5.74, 6) is -0.414. The number of carbonyl (C=O) groups excluding carboxylic acids is 1. The first kappa shape index (κ1) is 16.5. The van der Waals surface area contributed by atoms with Gasteiger partial charge in [-0.15, -0.1) is 5.10 Å². The minimum absolute atomic E-state index is 0.170. The highest BCUT2D eigenvalue weighted by molar-refractivity contribution is 5.95. The predicted octanol–water partition coefficient (Wildman–Crippen LogP) is 1.56. The summed E-state index contributed by atoms with van der Waals surface area (Å²) in [6, 6.07) is 9.57. The monoisotopic (exact) mass is 364 g/mol. The Morgan fingerprint density at radius 1 is 1.11 bits per heavy atom. The van der Waals surface area contributed by atoms with Crippen molar-refractivity contribution >= 4 is 22.9 Å². The van der Waals surface area contributed by atoms with Gasteiger partial charge in [0.1, 0.15) is 12.1 Å². The van der Waals surface area contributed by atoms with Gasteiger partial charge in [0.15, 0.2) is 17.0 Å². The van der Waals surface area contributed by atoms with Crippen molar-refractivity contribution in [3.05, 3.63) is 72.1 Å². The topological polar surface area (TPSA) is 111 Å². The van der Waals surface area contributed by atoms with Crippen LogP contribution in [0.25, 0.3) is 11.2 Å². The standard InChI is InChI=1S/C17H13FN8O/c18-13-4-2-1-3-12(13)9-26-16-14(22-25-26)15(20-10-21-16)23-24-17(27)11-5-7-19-8-6-11/h1-8,10H,9H2,(H,24,27)(H,20,21,23). The smallest absolute Gasteiger partial charge is 0.269 e. The number of nitrogens with zero attached hydrogens (tertiary/aromatic N) is 6. The van der Waals surface area contributed by atoms with Gasteiger partial charge in [0.2, 0.25) is 0 Å². The molecule has 0 aliphatic rings. The van der Waals surface area contributed by atoms with Gasteiger partial charge in [-0.1, -0.05) is 23.4 Å². The first-order chi connectivity index (χ1) is 13.2. The molecule has 9 nitrogen and oxygen atoms in total. The van der Waals surface area contributed by atoms with Gasteiger partial charge in [-0.05, 0) is 18.2 Å². The van der Waals surface area contributed by atoms with Crippen LogP contribution in [0.1, 0.15) is 15.9 Å². The molecule has 0 saturated carbocycles. The maximum Gasteiger partial charge on any atom is 0.269 e. The van der Waals surface area contributed by atoms with E-state index in [4.69, 9.17) is 0 Å². The molecular weight excluding hydrogens is 351 g/mol. The van der Waals surface area contributed by atoms with E-state index in [0.717, 1.165) is 0 Å². The molecule has 3 aromatic heterocycles. The SMILES string of the molecule is O=C(NNc1ncnc2c1nnn2Cc1ccccc1F)c1ccncc1. The quantitative estimate of drug-likeness (QED) is 0.517. The molecule has 3 heterocycles. The zero-order valence-corrected chi connectivity index (χ0v) is 13.9. The van der Waals surface area contributed by atoms with Crippen molar-refractivity contribution in [3.63, 3.8) is 0 Å². The van der Waals surface area contributed by atoms with Crippen molar-refractivity contribution in [3.8, 4) is 0 Å². The van der Waals surface area contributed by atoms with E-state index in [1.54, 1.807) is 30.3 Å².